The SMILES string of the molecule is O=C1Cc2ccccc2/C(=C/CCO)c2ccccc21. The van der Waals surface area contributed by atoms with Gasteiger partial charge in [-0.05, 0) is 28.7 Å². The van der Waals surface area contributed by atoms with E-state index in [0.29, 0.717) is 12.8 Å². The highest BCUT2D eigenvalue weighted by Crippen LogP contribution is 2.33. The van der Waals surface area contributed by atoms with Crippen LogP contribution in [0.3, 0.4) is 0 Å². The van der Waals surface area contributed by atoms with Crippen LogP contribution in [-0.4, -0.2) is 17.5 Å². The van der Waals surface area contributed by atoms with Gasteiger partial charge in [-0.3, -0.25) is 4.79 Å². The van der Waals surface area contributed by atoms with E-state index in [4.69, 9.17) is 5.11 Å². The molecule has 0 fully saturated rings. The van der Waals surface area contributed by atoms with E-state index in [9.17, 15) is 4.79 Å². The standard InChI is InChI=1S/C18H16O2/c19-11-5-10-15-14-7-2-1-6-13(14)12-18(20)17-9-4-3-8-16(15)17/h1-4,6-10,19H,5,11-12H2/b15-10-. The van der Waals surface area contributed by atoms with Gasteiger partial charge < -0.3 is 5.11 Å². The van der Waals surface area contributed by atoms with Crippen molar-refractivity contribution < 1.29 is 9.90 Å². The quantitative estimate of drug-likeness (QED) is 0.904. The Morgan fingerprint density at radius 2 is 1.60 bits per heavy atom. The number of Topliss-reactive ketones (excluding diaryl/α,β-unsaturated/α-hetero) is 1. The van der Waals surface area contributed by atoms with Crippen molar-refractivity contribution in [2.24, 2.45) is 0 Å². The molecular weight excluding hydrogens is 248 g/mol. The van der Waals surface area contributed by atoms with Crippen molar-refractivity contribution in [3.8, 4) is 0 Å². The molecule has 1 aliphatic carbocycles. The molecule has 100 valence electrons. The Bertz CT molecular complexity index is 683. The molecule has 20 heavy (non-hydrogen) atoms. The Labute approximate surface area is 118 Å². The Morgan fingerprint density at radius 1 is 0.950 bits per heavy atom. The van der Waals surface area contributed by atoms with Crippen molar-refractivity contribution in [2.45, 2.75) is 12.8 Å². The minimum Gasteiger partial charge on any atom is -0.396 e. The molecule has 0 aromatic heterocycles. The van der Waals surface area contributed by atoms with E-state index in [1.54, 1.807) is 0 Å². The first-order chi connectivity index (χ1) is 9.81. The molecule has 0 aliphatic heterocycles. The van der Waals surface area contributed by atoms with Crippen molar-refractivity contribution in [1.29, 1.82) is 0 Å². The number of hydrogen-bond acceptors (Lipinski definition) is 2. The lowest BCUT2D eigenvalue weighted by atomic mass is 9.93. The zero-order chi connectivity index (χ0) is 13.9. The maximum atomic E-state index is 12.4. The molecule has 3 rings (SSSR count). The monoisotopic (exact) mass is 264 g/mol. The number of benzene rings is 2. The molecule has 0 unspecified atom stereocenters. The smallest absolute Gasteiger partial charge is 0.167 e. The predicted molar refractivity (Wildman–Crippen MR) is 79.7 cm³/mol. The first kappa shape index (κ1) is 12.8. The van der Waals surface area contributed by atoms with Gasteiger partial charge >= 0.3 is 0 Å². The van der Waals surface area contributed by atoms with Gasteiger partial charge in [0.05, 0.1) is 0 Å². The van der Waals surface area contributed by atoms with E-state index >= 15 is 0 Å². The largest absolute Gasteiger partial charge is 0.396 e. The summed E-state index contributed by atoms with van der Waals surface area (Å²) >= 11 is 0. The maximum Gasteiger partial charge on any atom is 0.167 e. The second-order valence-corrected chi connectivity index (χ2v) is 4.93. The van der Waals surface area contributed by atoms with Crippen LogP contribution in [0.1, 0.15) is 33.5 Å². The average Bonchev–Trinajstić information content (AvgIpc) is 2.60. The lowest BCUT2D eigenvalue weighted by Crippen LogP contribution is -2.03. The third-order valence-electron chi connectivity index (χ3n) is 3.65. The highest BCUT2D eigenvalue weighted by molar-refractivity contribution is 6.06. The molecule has 0 radical (unpaired) electrons. The zero-order valence-electron chi connectivity index (χ0n) is 11.2. The lowest BCUT2D eigenvalue weighted by molar-refractivity contribution is 0.0993. The number of rotatable bonds is 2. The van der Waals surface area contributed by atoms with Crippen LogP contribution in [0.5, 0.6) is 0 Å². The number of ketones is 1. The fourth-order valence-electron chi connectivity index (χ4n) is 2.74. The van der Waals surface area contributed by atoms with Gasteiger partial charge in [-0.2, -0.15) is 0 Å². The second-order valence-electron chi connectivity index (χ2n) is 4.93. The number of aliphatic hydroxyl groups excluding tert-OH is 1. The normalized spacial score (nSPS) is 15.7. The second kappa shape index (κ2) is 5.43. The fourth-order valence-corrected chi connectivity index (χ4v) is 2.74. The van der Waals surface area contributed by atoms with Gasteiger partial charge in [0.1, 0.15) is 0 Å². The predicted octanol–water partition coefficient (Wildman–Crippen LogP) is 3.24. The summed E-state index contributed by atoms with van der Waals surface area (Å²) < 4.78 is 0. The summed E-state index contributed by atoms with van der Waals surface area (Å²) in [5.74, 6) is 0.153. The number of hydrogen-bond donors (Lipinski definition) is 1. The van der Waals surface area contributed by atoms with E-state index in [-0.39, 0.29) is 12.4 Å². The number of carbonyl (C=O) groups is 1. The topological polar surface area (TPSA) is 37.3 Å². The van der Waals surface area contributed by atoms with Gasteiger partial charge in [-0.25, -0.2) is 0 Å². The molecule has 2 nitrogen and oxygen atoms in total. The fraction of sp³-hybridized carbons (Fsp3) is 0.167. The van der Waals surface area contributed by atoms with Crippen molar-refractivity contribution in [3.63, 3.8) is 0 Å². The van der Waals surface area contributed by atoms with Crippen LogP contribution in [0.4, 0.5) is 0 Å². The molecule has 0 saturated heterocycles. The molecule has 0 atom stereocenters. The molecular formula is C18H16O2. The zero-order valence-corrected chi connectivity index (χ0v) is 11.2. The lowest BCUT2D eigenvalue weighted by Gasteiger charge is -2.11. The number of fused-ring (bicyclic) bond motifs is 2. The summed E-state index contributed by atoms with van der Waals surface area (Å²) in [5, 5.41) is 9.10. The summed E-state index contributed by atoms with van der Waals surface area (Å²) in [5.41, 5.74) is 4.94. The summed E-state index contributed by atoms with van der Waals surface area (Å²) in [6, 6.07) is 15.7. The van der Waals surface area contributed by atoms with Crippen LogP contribution in [0, 0.1) is 0 Å². The summed E-state index contributed by atoms with van der Waals surface area (Å²) in [6.07, 6.45) is 3.05. The Hall–Kier alpha value is -2.19. The third kappa shape index (κ3) is 2.19. The number of carbonyl (C=O) groups excluding carboxylic acids is 1. The molecule has 0 amide bonds. The van der Waals surface area contributed by atoms with E-state index in [0.717, 1.165) is 27.8 Å². The maximum absolute atomic E-state index is 12.4. The van der Waals surface area contributed by atoms with Crippen molar-refractivity contribution >= 4 is 11.4 Å². The molecule has 2 heteroatoms. The van der Waals surface area contributed by atoms with Gasteiger partial charge in [-0.15, -0.1) is 0 Å². The summed E-state index contributed by atoms with van der Waals surface area (Å²) in [6.45, 7) is 0.113. The van der Waals surface area contributed by atoms with Crippen LogP contribution in [-0.2, 0) is 6.42 Å². The molecule has 1 N–H and O–H groups in total. The van der Waals surface area contributed by atoms with Gasteiger partial charge in [0.2, 0.25) is 0 Å². The van der Waals surface area contributed by atoms with E-state index < -0.39 is 0 Å². The molecule has 2 aromatic carbocycles. The Kier molecular flexibility index (Phi) is 3.48. The van der Waals surface area contributed by atoms with Crippen molar-refractivity contribution in [2.75, 3.05) is 6.61 Å². The van der Waals surface area contributed by atoms with Crippen LogP contribution >= 0.6 is 0 Å². The van der Waals surface area contributed by atoms with E-state index in [2.05, 4.69) is 0 Å². The van der Waals surface area contributed by atoms with Gasteiger partial charge in [0.15, 0.2) is 5.78 Å². The summed E-state index contributed by atoms with van der Waals surface area (Å²) in [7, 11) is 0. The average molecular weight is 264 g/mol. The van der Waals surface area contributed by atoms with Crippen LogP contribution in [0.15, 0.2) is 54.6 Å². The Balaban J connectivity index is 2.26. The molecule has 2 aromatic rings. The summed E-state index contributed by atoms with van der Waals surface area (Å²) in [4.78, 5) is 12.4. The first-order valence-corrected chi connectivity index (χ1v) is 6.83. The van der Waals surface area contributed by atoms with Crippen LogP contribution in [0.2, 0.25) is 0 Å². The van der Waals surface area contributed by atoms with E-state index in [1.165, 1.54) is 0 Å². The van der Waals surface area contributed by atoms with Crippen molar-refractivity contribution in [3.05, 3.63) is 76.9 Å². The highest BCUT2D eigenvalue weighted by Gasteiger charge is 2.22. The molecule has 0 bridgehead atoms. The molecule has 0 spiro atoms. The molecule has 1 aliphatic rings. The third-order valence-corrected chi connectivity index (χ3v) is 3.65. The van der Waals surface area contributed by atoms with Gasteiger partial charge in [0.25, 0.3) is 0 Å². The van der Waals surface area contributed by atoms with Crippen LogP contribution in [0.25, 0.3) is 5.57 Å². The highest BCUT2D eigenvalue weighted by atomic mass is 16.2. The van der Waals surface area contributed by atoms with Gasteiger partial charge in [0, 0.05) is 18.6 Å². The van der Waals surface area contributed by atoms with Gasteiger partial charge in [-0.1, -0.05) is 54.6 Å². The van der Waals surface area contributed by atoms with Crippen molar-refractivity contribution in [1.82, 2.24) is 0 Å². The number of aliphatic hydroxyl groups is 1. The van der Waals surface area contributed by atoms with E-state index in [1.807, 2.05) is 54.6 Å². The minimum absolute atomic E-state index is 0.113. The molecule has 0 heterocycles. The minimum atomic E-state index is 0.113. The van der Waals surface area contributed by atoms with Crippen LogP contribution < -0.4 is 0 Å². The first-order valence-electron chi connectivity index (χ1n) is 6.83. The Morgan fingerprint density at radius 3 is 2.35 bits per heavy atom. The molecule has 0 saturated carbocycles.